The van der Waals surface area contributed by atoms with E-state index in [2.05, 4.69) is 27.7 Å². The number of unbranched alkanes of at least 4 members (excludes halogenated alkanes) is 6. The summed E-state index contributed by atoms with van der Waals surface area (Å²) in [6, 6.07) is 0. The van der Waals surface area contributed by atoms with Gasteiger partial charge in [-0.15, -0.1) is 0 Å². The van der Waals surface area contributed by atoms with Crippen LogP contribution in [0.5, 0.6) is 0 Å². The lowest BCUT2D eigenvalue weighted by atomic mass is 10.2. The summed E-state index contributed by atoms with van der Waals surface area (Å²) in [6.07, 6.45) is 17.8. The molecular formula is C16H36BrP. The van der Waals surface area contributed by atoms with Gasteiger partial charge in [0.25, 0.3) is 0 Å². The van der Waals surface area contributed by atoms with Crippen molar-refractivity contribution in [1.82, 2.24) is 0 Å². The average molecular weight is 339 g/mol. The molecule has 0 aromatic carbocycles. The van der Waals surface area contributed by atoms with Crippen molar-refractivity contribution in [3.05, 3.63) is 0 Å². The van der Waals surface area contributed by atoms with Crippen LogP contribution in [0.2, 0.25) is 0 Å². The lowest BCUT2D eigenvalue weighted by Gasteiger charge is -2.25. The smallest absolute Gasteiger partial charge is 0.0594 e. The molecule has 0 aromatic heterocycles. The average Bonchev–Trinajstić information content (AvgIpc) is 2.37. The van der Waals surface area contributed by atoms with Crippen molar-refractivity contribution in [3.63, 3.8) is 0 Å². The summed E-state index contributed by atoms with van der Waals surface area (Å²) in [7, 11) is -0.538. The number of halogens is 1. The van der Waals surface area contributed by atoms with Crippen LogP contribution in [-0.4, -0.2) is 24.6 Å². The summed E-state index contributed by atoms with van der Waals surface area (Å²) in [6.45, 7) is 9.54. The van der Waals surface area contributed by atoms with E-state index in [1.54, 1.807) is 12.3 Å². The van der Waals surface area contributed by atoms with Crippen LogP contribution >= 0.6 is 7.26 Å². The minimum absolute atomic E-state index is 0. The second kappa shape index (κ2) is 14.3. The standard InChI is InChI=1S/C16H36P.BrH/c1-5-9-11-13-15-17(7-3,8-4)16-14-12-10-6-2;/h5-16H2,1-4H3;1H/q+1;/p-1. The molecule has 0 atom stereocenters. The maximum atomic E-state index is 2.46. The van der Waals surface area contributed by atoms with Gasteiger partial charge in [0.2, 0.25) is 0 Å². The molecule has 0 heterocycles. The van der Waals surface area contributed by atoms with E-state index in [0.29, 0.717) is 0 Å². The van der Waals surface area contributed by atoms with Gasteiger partial charge in [-0.2, -0.15) is 0 Å². The second-order valence-electron chi connectivity index (χ2n) is 5.54. The highest BCUT2D eigenvalue weighted by molar-refractivity contribution is 7.75. The van der Waals surface area contributed by atoms with E-state index in [0.717, 1.165) is 0 Å². The Morgan fingerprint density at radius 3 is 1.22 bits per heavy atom. The number of rotatable bonds is 12. The number of hydrogen-bond acceptors (Lipinski definition) is 0. The van der Waals surface area contributed by atoms with Crippen molar-refractivity contribution < 1.29 is 17.0 Å². The van der Waals surface area contributed by atoms with Gasteiger partial charge in [0.05, 0.1) is 24.6 Å². The Labute approximate surface area is 128 Å². The van der Waals surface area contributed by atoms with E-state index in [-0.39, 0.29) is 17.0 Å². The predicted molar refractivity (Wildman–Crippen MR) is 86.0 cm³/mol. The van der Waals surface area contributed by atoms with Crippen molar-refractivity contribution in [1.29, 1.82) is 0 Å². The zero-order valence-electron chi connectivity index (χ0n) is 13.3. The highest BCUT2D eigenvalue weighted by atomic mass is 79.9. The van der Waals surface area contributed by atoms with Gasteiger partial charge in [-0.3, -0.25) is 0 Å². The van der Waals surface area contributed by atoms with Gasteiger partial charge in [0.1, 0.15) is 0 Å². The molecule has 0 aliphatic carbocycles. The highest BCUT2D eigenvalue weighted by Crippen LogP contribution is 2.59. The molecule has 112 valence electrons. The Hall–Kier alpha value is 0.910. The van der Waals surface area contributed by atoms with Crippen LogP contribution in [0, 0.1) is 0 Å². The van der Waals surface area contributed by atoms with Gasteiger partial charge in [-0.25, -0.2) is 0 Å². The molecule has 0 aliphatic heterocycles. The lowest BCUT2D eigenvalue weighted by molar-refractivity contribution is -0.00000400. The van der Waals surface area contributed by atoms with Crippen molar-refractivity contribution >= 4 is 7.26 Å². The third-order valence-electron chi connectivity index (χ3n) is 4.31. The lowest BCUT2D eigenvalue weighted by Crippen LogP contribution is -3.00. The first kappa shape index (κ1) is 21.2. The van der Waals surface area contributed by atoms with Crippen LogP contribution in [0.15, 0.2) is 0 Å². The Kier molecular flexibility index (Phi) is 16.9. The van der Waals surface area contributed by atoms with E-state index >= 15 is 0 Å². The molecule has 0 fully saturated rings. The highest BCUT2D eigenvalue weighted by Gasteiger charge is 2.31. The van der Waals surface area contributed by atoms with Gasteiger partial charge >= 0.3 is 0 Å². The fourth-order valence-electron chi connectivity index (χ4n) is 2.72. The first-order chi connectivity index (χ1) is 8.24. The predicted octanol–water partition coefficient (Wildman–Crippen LogP) is 3.21. The van der Waals surface area contributed by atoms with Gasteiger partial charge in [0, 0.05) is 7.26 Å². The molecule has 0 aliphatic rings. The molecule has 0 unspecified atom stereocenters. The zero-order valence-corrected chi connectivity index (χ0v) is 15.8. The van der Waals surface area contributed by atoms with Crippen molar-refractivity contribution in [3.8, 4) is 0 Å². The van der Waals surface area contributed by atoms with Gasteiger partial charge in [0.15, 0.2) is 0 Å². The molecule has 0 spiro atoms. The Morgan fingerprint density at radius 1 is 0.556 bits per heavy atom. The summed E-state index contributed by atoms with van der Waals surface area (Å²) in [4.78, 5) is 0. The molecular weight excluding hydrogens is 303 g/mol. The molecule has 0 rings (SSSR count). The third kappa shape index (κ3) is 9.79. The maximum absolute atomic E-state index is 2.46. The monoisotopic (exact) mass is 338 g/mol. The molecule has 0 saturated carbocycles. The van der Waals surface area contributed by atoms with Crippen LogP contribution in [0.3, 0.4) is 0 Å². The molecule has 2 heteroatoms. The van der Waals surface area contributed by atoms with Crippen LogP contribution < -0.4 is 17.0 Å². The molecule has 0 amide bonds. The van der Waals surface area contributed by atoms with E-state index in [1.807, 2.05) is 0 Å². The van der Waals surface area contributed by atoms with E-state index < -0.39 is 7.26 Å². The summed E-state index contributed by atoms with van der Waals surface area (Å²) < 4.78 is 0. The van der Waals surface area contributed by atoms with Crippen LogP contribution in [-0.2, 0) is 0 Å². The first-order valence-corrected chi connectivity index (χ1v) is 10.6. The molecule has 0 nitrogen and oxygen atoms in total. The number of hydrogen-bond donors (Lipinski definition) is 0. The molecule has 0 N–H and O–H groups in total. The Morgan fingerprint density at radius 2 is 0.944 bits per heavy atom. The first-order valence-electron chi connectivity index (χ1n) is 8.09. The molecule has 0 saturated heterocycles. The molecule has 0 aromatic rings. The van der Waals surface area contributed by atoms with Gasteiger partial charge in [-0.1, -0.05) is 39.5 Å². The quantitative estimate of drug-likeness (QED) is 0.378. The fraction of sp³-hybridized carbons (Fsp3) is 1.00. The summed E-state index contributed by atoms with van der Waals surface area (Å²) in [5.41, 5.74) is 0. The van der Waals surface area contributed by atoms with Crippen LogP contribution in [0.1, 0.15) is 79.1 Å². The van der Waals surface area contributed by atoms with E-state index in [9.17, 15) is 0 Å². The SMILES string of the molecule is CCCCCC[P+](CC)(CC)CCCCCC.[Br-]. The summed E-state index contributed by atoms with van der Waals surface area (Å²) in [5.74, 6) is 0. The minimum atomic E-state index is -0.538. The summed E-state index contributed by atoms with van der Waals surface area (Å²) >= 11 is 0. The normalized spacial score (nSPS) is 11.3. The fourth-order valence-corrected chi connectivity index (χ4v) is 6.44. The largest absolute Gasteiger partial charge is 1.00 e. The van der Waals surface area contributed by atoms with Crippen LogP contribution in [0.4, 0.5) is 0 Å². The Bertz CT molecular complexity index is 141. The van der Waals surface area contributed by atoms with E-state index in [1.165, 1.54) is 63.7 Å². The van der Waals surface area contributed by atoms with Crippen molar-refractivity contribution in [2.75, 3.05) is 24.6 Å². The van der Waals surface area contributed by atoms with Crippen LogP contribution in [0.25, 0.3) is 0 Å². The zero-order chi connectivity index (χ0) is 13.0. The van der Waals surface area contributed by atoms with Crippen molar-refractivity contribution in [2.45, 2.75) is 79.1 Å². The molecule has 0 bridgehead atoms. The molecule has 0 radical (unpaired) electrons. The summed E-state index contributed by atoms with van der Waals surface area (Å²) in [5, 5.41) is 0. The molecule has 18 heavy (non-hydrogen) atoms. The van der Waals surface area contributed by atoms with Crippen molar-refractivity contribution in [2.24, 2.45) is 0 Å². The Balaban J connectivity index is 0. The minimum Gasteiger partial charge on any atom is -1.00 e. The maximum Gasteiger partial charge on any atom is 0.0594 e. The van der Waals surface area contributed by atoms with Gasteiger partial charge < -0.3 is 17.0 Å². The van der Waals surface area contributed by atoms with E-state index in [4.69, 9.17) is 0 Å². The topological polar surface area (TPSA) is 0 Å². The third-order valence-corrected chi connectivity index (χ3v) is 9.53. The second-order valence-corrected chi connectivity index (χ2v) is 10.4. The van der Waals surface area contributed by atoms with Gasteiger partial charge in [-0.05, 0) is 39.5 Å².